The normalized spacial score (nSPS) is 15.6. The molecule has 17 heavy (non-hydrogen) atoms. The van der Waals surface area contributed by atoms with E-state index in [0.29, 0.717) is 10.8 Å². The molecule has 0 amide bonds. The van der Waals surface area contributed by atoms with Crippen LogP contribution in [0.5, 0.6) is 0 Å². The van der Waals surface area contributed by atoms with Crippen LogP contribution in [0, 0.1) is 0 Å². The highest BCUT2D eigenvalue weighted by atomic mass is 16.4. The number of aromatic nitrogens is 1. The summed E-state index contributed by atoms with van der Waals surface area (Å²) in [5.74, 6) is -1.21. The zero-order valence-corrected chi connectivity index (χ0v) is 9.26. The lowest BCUT2D eigenvalue weighted by atomic mass is 10.2. The first-order valence-corrected chi connectivity index (χ1v) is 5.47. The predicted octanol–water partition coefficient (Wildman–Crippen LogP) is -1.85. The number of aliphatic hydroxyl groups is 1. The van der Waals surface area contributed by atoms with Crippen LogP contribution in [-0.4, -0.2) is 28.2 Å². The van der Waals surface area contributed by atoms with E-state index in [1.165, 1.54) is 0 Å². The summed E-state index contributed by atoms with van der Waals surface area (Å²) in [7, 11) is 0. The fourth-order valence-corrected chi connectivity index (χ4v) is 1.79. The van der Waals surface area contributed by atoms with Crippen molar-refractivity contribution >= 4 is 18.1 Å². The molecule has 0 saturated heterocycles. The summed E-state index contributed by atoms with van der Waals surface area (Å²) >= 11 is 0. The Morgan fingerprint density at radius 2 is 2.24 bits per heavy atom. The van der Waals surface area contributed by atoms with E-state index >= 15 is 0 Å². The molecule has 1 aromatic rings. The van der Waals surface area contributed by atoms with Crippen LogP contribution >= 0.6 is 0 Å². The molecule has 1 unspecified atom stereocenters. The summed E-state index contributed by atoms with van der Waals surface area (Å²) in [6.07, 6.45) is 3.99. The molecule has 0 spiro atoms. The number of fused-ring (bicyclic) bond motifs is 1. The highest BCUT2D eigenvalue weighted by Gasteiger charge is 2.17. The van der Waals surface area contributed by atoms with Crippen LogP contribution in [0.3, 0.4) is 0 Å². The Morgan fingerprint density at radius 3 is 2.94 bits per heavy atom. The molecule has 3 N–H and O–H groups in total. The van der Waals surface area contributed by atoms with Crippen molar-refractivity contribution in [3.63, 3.8) is 0 Å². The molecule has 0 bridgehead atoms. The minimum absolute atomic E-state index is 0.0175. The van der Waals surface area contributed by atoms with Gasteiger partial charge in [-0.1, -0.05) is 6.08 Å². The van der Waals surface area contributed by atoms with Gasteiger partial charge >= 0.3 is 5.76 Å². The van der Waals surface area contributed by atoms with Crippen molar-refractivity contribution in [1.29, 1.82) is 0 Å². The van der Waals surface area contributed by atoms with Crippen LogP contribution in [0.25, 0.3) is 12.2 Å². The quantitative estimate of drug-likeness (QED) is 0.644. The maximum Gasteiger partial charge on any atom is 0.426 e. The Hall–Kier alpha value is -1.66. The molecule has 92 valence electrons. The van der Waals surface area contributed by atoms with Gasteiger partial charge in [0.2, 0.25) is 5.91 Å². The Balaban J connectivity index is 2.44. The average Bonchev–Trinajstić information content (AvgIpc) is 2.64. The monoisotopic (exact) mass is 238 g/mol. The molecule has 0 aromatic carbocycles. The Kier molecular flexibility index (Phi) is 3.26. The number of rotatable bonds is 3. The molecular weight excluding hydrogens is 224 g/mol. The molecule has 1 aromatic heterocycles. The number of oxazole rings is 1. The minimum atomic E-state index is -0.937. The van der Waals surface area contributed by atoms with Gasteiger partial charge < -0.3 is 15.3 Å². The first-order valence-electron chi connectivity index (χ1n) is 5.47. The van der Waals surface area contributed by atoms with E-state index in [1.807, 2.05) is 0 Å². The van der Waals surface area contributed by atoms with E-state index in [1.54, 1.807) is 12.2 Å². The number of nitrogens with two attached hydrogens (primary N) is 1. The fourth-order valence-electron chi connectivity index (χ4n) is 1.79. The Morgan fingerprint density at radius 1 is 1.53 bits per heavy atom. The SMILES string of the molecule is NCC(O)CC(=O)n1c(=O)oc2c1=CCCC=2. The topological polar surface area (TPSA) is 98.5 Å². The van der Waals surface area contributed by atoms with Gasteiger partial charge in [0.25, 0.3) is 0 Å². The van der Waals surface area contributed by atoms with Crippen molar-refractivity contribution in [3.8, 4) is 0 Å². The van der Waals surface area contributed by atoms with E-state index in [0.717, 1.165) is 17.4 Å². The molecule has 6 nitrogen and oxygen atoms in total. The van der Waals surface area contributed by atoms with Crippen molar-refractivity contribution in [3.05, 3.63) is 21.3 Å². The number of hydrogen-bond acceptors (Lipinski definition) is 5. The van der Waals surface area contributed by atoms with Crippen LogP contribution in [0.1, 0.15) is 24.1 Å². The molecule has 6 heteroatoms. The Bertz CT molecular complexity index is 596. The lowest BCUT2D eigenvalue weighted by molar-refractivity contribution is 0.0797. The highest BCUT2D eigenvalue weighted by Crippen LogP contribution is 1.96. The van der Waals surface area contributed by atoms with E-state index in [-0.39, 0.29) is 13.0 Å². The molecule has 0 radical (unpaired) electrons. The van der Waals surface area contributed by atoms with E-state index in [9.17, 15) is 14.7 Å². The van der Waals surface area contributed by atoms with E-state index in [4.69, 9.17) is 10.2 Å². The molecule has 1 aliphatic carbocycles. The maximum absolute atomic E-state index is 11.8. The molecular formula is C11H14N2O4. The second kappa shape index (κ2) is 4.68. The van der Waals surface area contributed by atoms with Crippen molar-refractivity contribution in [2.45, 2.75) is 25.4 Å². The van der Waals surface area contributed by atoms with E-state index in [2.05, 4.69) is 0 Å². The third kappa shape index (κ3) is 2.22. The van der Waals surface area contributed by atoms with Crippen LogP contribution in [0.2, 0.25) is 0 Å². The number of hydrogen-bond donors (Lipinski definition) is 2. The van der Waals surface area contributed by atoms with Gasteiger partial charge in [-0.2, -0.15) is 0 Å². The summed E-state index contributed by atoms with van der Waals surface area (Å²) in [5, 5.41) is 9.79. The second-order valence-corrected chi connectivity index (χ2v) is 3.93. The predicted molar refractivity (Wildman–Crippen MR) is 60.7 cm³/mol. The van der Waals surface area contributed by atoms with Crippen molar-refractivity contribution < 1.29 is 14.3 Å². The molecule has 1 atom stereocenters. The smallest absolute Gasteiger partial charge is 0.408 e. The molecule has 0 aliphatic heterocycles. The van der Waals surface area contributed by atoms with Crippen LogP contribution in [0.15, 0.2) is 9.21 Å². The Labute approximate surface area is 96.6 Å². The molecule has 0 saturated carbocycles. The van der Waals surface area contributed by atoms with Crippen LogP contribution in [-0.2, 0) is 0 Å². The van der Waals surface area contributed by atoms with Crippen LogP contribution < -0.4 is 22.3 Å². The standard InChI is InChI=1S/C11H14N2O4/c12-6-7(14)5-10(15)13-8-3-1-2-4-9(8)17-11(13)16/h3-4,7,14H,1-2,5-6,12H2. The van der Waals surface area contributed by atoms with Gasteiger partial charge in [-0.15, -0.1) is 0 Å². The van der Waals surface area contributed by atoms with Gasteiger partial charge in [0.1, 0.15) is 0 Å². The van der Waals surface area contributed by atoms with Crippen molar-refractivity contribution in [2.75, 3.05) is 6.54 Å². The van der Waals surface area contributed by atoms with Gasteiger partial charge in [-0.3, -0.25) is 4.79 Å². The zero-order chi connectivity index (χ0) is 12.4. The number of nitrogens with zero attached hydrogens (tertiary/aromatic N) is 1. The molecule has 2 rings (SSSR count). The average molecular weight is 238 g/mol. The van der Waals surface area contributed by atoms with Crippen molar-refractivity contribution in [1.82, 2.24) is 4.57 Å². The number of carbonyl (C=O) groups is 1. The van der Waals surface area contributed by atoms with Gasteiger partial charge in [-0.05, 0) is 18.9 Å². The second-order valence-electron chi connectivity index (χ2n) is 3.93. The summed E-state index contributed by atoms with van der Waals surface area (Å²) in [4.78, 5) is 23.4. The minimum Gasteiger partial charge on any atom is -0.408 e. The third-order valence-corrected chi connectivity index (χ3v) is 2.64. The van der Waals surface area contributed by atoms with Gasteiger partial charge in [0.15, 0.2) is 5.42 Å². The zero-order valence-electron chi connectivity index (χ0n) is 9.26. The first kappa shape index (κ1) is 11.8. The number of carbonyl (C=O) groups excluding carboxylic acids is 1. The lowest BCUT2D eigenvalue weighted by Crippen LogP contribution is -2.39. The highest BCUT2D eigenvalue weighted by molar-refractivity contribution is 5.79. The summed E-state index contributed by atoms with van der Waals surface area (Å²) in [6.45, 7) is -0.0175. The summed E-state index contributed by atoms with van der Waals surface area (Å²) in [5.41, 5.74) is 5.65. The largest absolute Gasteiger partial charge is 0.426 e. The van der Waals surface area contributed by atoms with Gasteiger partial charge in [0, 0.05) is 6.54 Å². The van der Waals surface area contributed by atoms with Gasteiger partial charge in [0.05, 0.1) is 17.9 Å². The molecule has 1 aliphatic rings. The van der Waals surface area contributed by atoms with Gasteiger partial charge in [-0.25, -0.2) is 9.36 Å². The first-order chi connectivity index (χ1) is 8.13. The maximum atomic E-state index is 11.8. The van der Waals surface area contributed by atoms with Crippen LogP contribution in [0.4, 0.5) is 0 Å². The van der Waals surface area contributed by atoms with E-state index < -0.39 is 17.8 Å². The lowest BCUT2D eigenvalue weighted by Gasteiger charge is -2.06. The molecule has 1 heterocycles. The summed E-state index contributed by atoms with van der Waals surface area (Å²) in [6, 6.07) is 0. The van der Waals surface area contributed by atoms with Crippen molar-refractivity contribution in [2.24, 2.45) is 5.73 Å². The third-order valence-electron chi connectivity index (χ3n) is 2.64. The fraction of sp³-hybridized carbons (Fsp3) is 0.455. The molecule has 0 fully saturated rings. The number of aliphatic hydroxyl groups excluding tert-OH is 1. The summed E-state index contributed by atoms with van der Waals surface area (Å²) < 4.78 is 5.92.